The highest BCUT2D eigenvalue weighted by Gasteiger charge is 2.28. The lowest BCUT2D eigenvalue weighted by Crippen LogP contribution is -2.24. The van der Waals surface area contributed by atoms with Gasteiger partial charge in [0, 0.05) is 30.6 Å². The van der Waals surface area contributed by atoms with Gasteiger partial charge in [0.1, 0.15) is 5.75 Å². The van der Waals surface area contributed by atoms with Crippen LogP contribution >= 0.6 is 0 Å². The molecule has 0 bridgehead atoms. The summed E-state index contributed by atoms with van der Waals surface area (Å²) >= 11 is 0. The van der Waals surface area contributed by atoms with Gasteiger partial charge in [0.15, 0.2) is 5.78 Å². The van der Waals surface area contributed by atoms with Gasteiger partial charge >= 0.3 is 0 Å². The number of amides is 1. The Hall–Kier alpha value is -2.87. The minimum Gasteiger partial charge on any atom is -0.497 e. The zero-order chi connectivity index (χ0) is 20.9. The zero-order valence-corrected chi connectivity index (χ0v) is 17.1. The van der Waals surface area contributed by atoms with Crippen LogP contribution in [0.5, 0.6) is 5.75 Å². The molecule has 2 aromatic rings. The average Bonchev–Trinajstić information content (AvgIpc) is 3.07. The number of nitrogens with one attached hydrogen (secondary N) is 1. The Kier molecular flexibility index (Phi) is 6.53. The van der Waals surface area contributed by atoms with E-state index in [9.17, 15) is 18.0 Å². The molecule has 0 aliphatic carbocycles. The Morgan fingerprint density at radius 2 is 1.72 bits per heavy atom. The van der Waals surface area contributed by atoms with Crippen molar-refractivity contribution in [1.29, 1.82) is 0 Å². The van der Waals surface area contributed by atoms with E-state index in [1.165, 1.54) is 4.31 Å². The van der Waals surface area contributed by atoms with Crippen molar-refractivity contribution in [3.8, 4) is 5.75 Å². The molecule has 1 fully saturated rings. The standard InChI is InChI=1S/C21H24N2O5S/c1-28-19-12-6-16(7-13-19)20(24)4-2-5-21(25)22-17-8-10-18(11-9-17)23-14-3-15-29(23,26)27/h6-13H,2-5,14-15H2,1H3,(H,22,25). The lowest BCUT2D eigenvalue weighted by atomic mass is 10.1. The SMILES string of the molecule is COc1ccc(C(=O)CCCC(=O)Nc2ccc(N3CCCS3(=O)=O)cc2)cc1. The van der Waals surface area contributed by atoms with E-state index in [1.807, 2.05) is 0 Å². The Morgan fingerprint density at radius 1 is 1.03 bits per heavy atom. The fraction of sp³-hybridized carbons (Fsp3) is 0.333. The Labute approximate surface area is 170 Å². The zero-order valence-electron chi connectivity index (χ0n) is 16.3. The third-order valence-electron chi connectivity index (χ3n) is 4.76. The van der Waals surface area contributed by atoms with Crippen LogP contribution in [-0.4, -0.2) is 39.5 Å². The molecular weight excluding hydrogens is 392 g/mol. The second-order valence-corrected chi connectivity index (χ2v) is 8.85. The van der Waals surface area contributed by atoms with Gasteiger partial charge in [-0.3, -0.25) is 13.9 Å². The number of sulfonamides is 1. The molecule has 0 atom stereocenters. The van der Waals surface area contributed by atoms with E-state index < -0.39 is 10.0 Å². The summed E-state index contributed by atoms with van der Waals surface area (Å²) in [6.45, 7) is 0.482. The number of hydrogen-bond acceptors (Lipinski definition) is 5. The number of anilines is 2. The predicted octanol–water partition coefficient (Wildman–Crippen LogP) is 3.23. The summed E-state index contributed by atoms with van der Waals surface area (Å²) in [5.41, 5.74) is 1.79. The van der Waals surface area contributed by atoms with E-state index in [1.54, 1.807) is 55.6 Å². The van der Waals surface area contributed by atoms with Crippen molar-refractivity contribution in [3.63, 3.8) is 0 Å². The minimum absolute atomic E-state index is 0.0170. The van der Waals surface area contributed by atoms with Crippen LogP contribution < -0.4 is 14.4 Å². The van der Waals surface area contributed by atoms with Crippen LogP contribution in [-0.2, 0) is 14.8 Å². The van der Waals surface area contributed by atoms with Crippen LogP contribution in [0.25, 0.3) is 0 Å². The highest BCUT2D eigenvalue weighted by molar-refractivity contribution is 7.93. The van der Waals surface area contributed by atoms with E-state index in [4.69, 9.17) is 4.74 Å². The van der Waals surface area contributed by atoms with Gasteiger partial charge in [-0.25, -0.2) is 8.42 Å². The highest BCUT2D eigenvalue weighted by Crippen LogP contribution is 2.25. The maximum atomic E-state index is 12.2. The van der Waals surface area contributed by atoms with Crippen LogP contribution in [0.1, 0.15) is 36.0 Å². The van der Waals surface area contributed by atoms with Gasteiger partial charge in [0.2, 0.25) is 15.9 Å². The maximum absolute atomic E-state index is 12.2. The van der Waals surface area contributed by atoms with E-state index in [-0.39, 0.29) is 30.3 Å². The molecule has 1 amide bonds. The number of Topliss-reactive ketones (excluding diaryl/α,β-unsaturated/α-hetero) is 1. The second kappa shape index (κ2) is 9.09. The van der Waals surface area contributed by atoms with Crippen molar-refractivity contribution in [3.05, 3.63) is 54.1 Å². The summed E-state index contributed by atoms with van der Waals surface area (Å²) < 4.78 is 30.4. The first-order valence-electron chi connectivity index (χ1n) is 9.46. The Morgan fingerprint density at radius 3 is 2.31 bits per heavy atom. The van der Waals surface area contributed by atoms with Gasteiger partial charge in [0.25, 0.3) is 0 Å². The summed E-state index contributed by atoms with van der Waals surface area (Å²) in [7, 11) is -1.65. The quantitative estimate of drug-likeness (QED) is 0.667. The molecule has 2 aromatic carbocycles. The Balaban J connectivity index is 1.46. The summed E-state index contributed by atoms with van der Waals surface area (Å²) in [5, 5.41) is 2.77. The molecule has 1 heterocycles. The molecule has 1 N–H and O–H groups in total. The van der Waals surface area contributed by atoms with Gasteiger partial charge in [-0.15, -0.1) is 0 Å². The fourth-order valence-corrected chi connectivity index (χ4v) is 4.76. The number of carbonyl (C=O) groups is 2. The van der Waals surface area contributed by atoms with Crippen LogP contribution in [0.4, 0.5) is 11.4 Å². The lowest BCUT2D eigenvalue weighted by Gasteiger charge is -2.17. The molecule has 1 aliphatic heterocycles. The van der Waals surface area contributed by atoms with Crippen molar-refractivity contribution in [2.24, 2.45) is 0 Å². The molecule has 0 unspecified atom stereocenters. The van der Waals surface area contributed by atoms with Gasteiger partial charge in [-0.1, -0.05) is 0 Å². The predicted molar refractivity (Wildman–Crippen MR) is 112 cm³/mol. The first kappa shape index (κ1) is 20.9. The fourth-order valence-electron chi connectivity index (χ4n) is 3.19. The van der Waals surface area contributed by atoms with E-state index in [2.05, 4.69) is 5.32 Å². The number of benzene rings is 2. The number of ketones is 1. The molecule has 0 saturated carbocycles. The molecule has 8 heteroatoms. The minimum atomic E-state index is -3.22. The van der Waals surface area contributed by atoms with E-state index in [0.717, 1.165) is 0 Å². The van der Waals surface area contributed by atoms with Crippen molar-refractivity contribution in [2.45, 2.75) is 25.7 Å². The highest BCUT2D eigenvalue weighted by atomic mass is 32.2. The van der Waals surface area contributed by atoms with E-state index in [0.29, 0.717) is 42.1 Å². The maximum Gasteiger partial charge on any atom is 0.235 e. The lowest BCUT2D eigenvalue weighted by molar-refractivity contribution is -0.116. The topological polar surface area (TPSA) is 92.8 Å². The van der Waals surface area contributed by atoms with Crippen LogP contribution in [0.2, 0.25) is 0 Å². The largest absolute Gasteiger partial charge is 0.497 e. The number of methoxy groups -OCH3 is 1. The van der Waals surface area contributed by atoms with Gasteiger partial charge in [0.05, 0.1) is 18.6 Å². The molecule has 7 nitrogen and oxygen atoms in total. The van der Waals surface area contributed by atoms with Crippen LogP contribution in [0.15, 0.2) is 48.5 Å². The molecule has 3 rings (SSSR count). The third-order valence-corrected chi connectivity index (χ3v) is 6.63. The molecule has 29 heavy (non-hydrogen) atoms. The van der Waals surface area contributed by atoms with E-state index >= 15 is 0 Å². The number of hydrogen-bond donors (Lipinski definition) is 1. The van der Waals surface area contributed by atoms with Crippen molar-refractivity contribution in [1.82, 2.24) is 0 Å². The smallest absolute Gasteiger partial charge is 0.235 e. The van der Waals surface area contributed by atoms with Crippen molar-refractivity contribution < 1.29 is 22.7 Å². The van der Waals surface area contributed by atoms with Gasteiger partial charge in [-0.05, 0) is 61.4 Å². The molecular formula is C21H24N2O5S. The number of carbonyl (C=O) groups excluding carboxylic acids is 2. The van der Waals surface area contributed by atoms with Crippen LogP contribution in [0, 0.1) is 0 Å². The summed E-state index contributed by atoms with van der Waals surface area (Å²) in [6, 6.07) is 13.6. The first-order chi connectivity index (χ1) is 13.9. The van der Waals surface area contributed by atoms with Crippen molar-refractivity contribution in [2.75, 3.05) is 29.0 Å². The number of rotatable bonds is 8. The molecule has 1 saturated heterocycles. The summed E-state index contributed by atoms with van der Waals surface area (Å²) in [5.74, 6) is 0.653. The Bertz CT molecular complexity index is 969. The third kappa shape index (κ3) is 5.35. The van der Waals surface area contributed by atoms with Gasteiger partial charge < -0.3 is 10.1 Å². The average molecular weight is 416 g/mol. The number of ether oxygens (including phenoxy) is 1. The number of nitrogens with zero attached hydrogens (tertiary/aromatic N) is 1. The monoisotopic (exact) mass is 416 g/mol. The molecule has 0 aromatic heterocycles. The summed E-state index contributed by atoms with van der Waals surface area (Å²) in [4.78, 5) is 24.3. The molecule has 0 spiro atoms. The summed E-state index contributed by atoms with van der Waals surface area (Å²) in [6.07, 6.45) is 1.58. The molecule has 0 radical (unpaired) electrons. The van der Waals surface area contributed by atoms with Gasteiger partial charge in [-0.2, -0.15) is 0 Å². The normalized spacial score (nSPS) is 15.1. The molecule has 154 valence electrons. The van der Waals surface area contributed by atoms with Crippen molar-refractivity contribution >= 4 is 33.1 Å². The van der Waals surface area contributed by atoms with Crippen LogP contribution in [0.3, 0.4) is 0 Å². The first-order valence-corrected chi connectivity index (χ1v) is 11.1. The molecule has 1 aliphatic rings. The second-order valence-electron chi connectivity index (χ2n) is 6.84.